The summed E-state index contributed by atoms with van der Waals surface area (Å²) >= 11 is 5.67. The normalized spacial score (nSPS) is 9.50. The minimum absolute atomic E-state index is 0.0354. The topological polar surface area (TPSA) is 46.5 Å². The van der Waals surface area contributed by atoms with Crippen molar-refractivity contribution in [3.05, 3.63) is 41.4 Å². The van der Waals surface area contributed by atoms with Gasteiger partial charge in [0, 0.05) is 0 Å². The van der Waals surface area contributed by atoms with E-state index in [4.69, 9.17) is 21.4 Å². The van der Waals surface area contributed by atoms with Crippen LogP contribution >= 0.6 is 11.6 Å². The van der Waals surface area contributed by atoms with E-state index in [1.54, 1.807) is 12.1 Å². The van der Waals surface area contributed by atoms with Gasteiger partial charge in [0.2, 0.25) is 0 Å². The van der Waals surface area contributed by atoms with Gasteiger partial charge in [0.05, 0.1) is 10.6 Å². The first-order valence-corrected chi connectivity index (χ1v) is 4.29. The Morgan fingerprint density at radius 1 is 1.64 bits per heavy atom. The summed E-state index contributed by atoms with van der Waals surface area (Å²) in [6.45, 7) is 3.82. The number of rotatable bonds is 4. The summed E-state index contributed by atoms with van der Waals surface area (Å²) in [6, 6.07) is 4.48. The predicted octanol–water partition coefficient (Wildman–Crippen LogP) is 2.60. The van der Waals surface area contributed by atoms with E-state index in [9.17, 15) is 4.79 Å². The van der Waals surface area contributed by atoms with Crippen molar-refractivity contribution in [2.75, 3.05) is 6.61 Å². The molecule has 3 nitrogen and oxygen atoms in total. The maximum Gasteiger partial charge on any atom is 0.337 e. The van der Waals surface area contributed by atoms with Gasteiger partial charge in [0.15, 0.2) is 0 Å². The van der Waals surface area contributed by atoms with Crippen LogP contribution in [-0.2, 0) is 0 Å². The van der Waals surface area contributed by atoms with Gasteiger partial charge in [-0.15, -0.1) is 0 Å². The molecule has 0 saturated carbocycles. The second-order valence-corrected chi connectivity index (χ2v) is 2.95. The second-order valence-electron chi connectivity index (χ2n) is 2.55. The standard InChI is InChI=1S/C10H9ClO3/c1-2-5-14-7-3-4-9(11)8(6-7)10(12)13/h2-4,6H,1,5H2,(H,12,13). The van der Waals surface area contributed by atoms with Crippen LogP contribution in [0.3, 0.4) is 0 Å². The highest BCUT2D eigenvalue weighted by atomic mass is 35.5. The molecule has 0 amide bonds. The molecule has 0 saturated heterocycles. The molecule has 1 N–H and O–H groups in total. The Bertz CT molecular complexity index is 360. The zero-order valence-corrected chi connectivity index (χ0v) is 8.12. The number of aromatic carboxylic acids is 1. The third-order valence-corrected chi connectivity index (χ3v) is 1.87. The van der Waals surface area contributed by atoms with Gasteiger partial charge in [-0.1, -0.05) is 24.3 Å². The zero-order valence-electron chi connectivity index (χ0n) is 7.37. The summed E-state index contributed by atoms with van der Waals surface area (Å²) in [5, 5.41) is 8.95. The van der Waals surface area contributed by atoms with Gasteiger partial charge in [-0.05, 0) is 18.2 Å². The summed E-state index contributed by atoms with van der Waals surface area (Å²) in [7, 11) is 0. The molecular weight excluding hydrogens is 204 g/mol. The Kier molecular flexibility index (Phi) is 3.54. The predicted molar refractivity (Wildman–Crippen MR) is 54.1 cm³/mol. The summed E-state index contributed by atoms with van der Waals surface area (Å²) in [6.07, 6.45) is 1.58. The molecule has 0 aliphatic heterocycles. The first-order chi connectivity index (χ1) is 6.65. The van der Waals surface area contributed by atoms with E-state index in [0.29, 0.717) is 12.4 Å². The Balaban J connectivity index is 2.94. The summed E-state index contributed by atoms with van der Waals surface area (Å²) in [5.74, 6) is -0.606. The van der Waals surface area contributed by atoms with E-state index in [-0.39, 0.29) is 10.6 Å². The lowest BCUT2D eigenvalue weighted by Crippen LogP contribution is -1.99. The maximum absolute atomic E-state index is 10.7. The van der Waals surface area contributed by atoms with E-state index in [0.717, 1.165) is 0 Å². The molecule has 0 radical (unpaired) electrons. The van der Waals surface area contributed by atoms with Crippen LogP contribution in [0, 0.1) is 0 Å². The van der Waals surface area contributed by atoms with Gasteiger partial charge in [0.1, 0.15) is 12.4 Å². The molecule has 0 atom stereocenters. The van der Waals surface area contributed by atoms with Crippen LogP contribution in [0.4, 0.5) is 0 Å². The summed E-state index contributed by atoms with van der Waals surface area (Å²) in [5.41, 5.74) is 0.0354. The first-order valence-electron chi connectivity index (χ1n) is 3.91. The Labute approximate surface area is 86.6 Å². The number of carbonyl (C=O) groups is 1. The quantitative estimate of drug-likeness (QED) is 0.781. The van der Waals surface area contributed by atoms with Crippen LogP contribution in [-0.4, -0.2) is 17.7 Å². The van der Waals surface area contributed by atoms with Crippen LogP contribution in [0.2, 0.25) is 5.02 Å². The molecule has 0 fully saturated rings. The minimum atomic E-state index is -1.07. The molecule has 4 heteroatoms. The van der Waals surface area contributed by atoms with E-state index >= 15 is 0 Å². The molecule has 0 unspecified atom stereocenters. The van der Waals surface area contributed by atoms with Crippen LogP contribution in [0.1, 0.15) is 10.4 Å². The SMILES string of the molecule is C=CCOc1ccc(Cl)c(C(=O)O)c1. The second kappa shape index (κ2) is 4.67. The van der Waals surface area contributed by atoms with E-state index in [1.807, 2.05) is 0 Å². The zero-order chi connectivity index (χ0) is 10.6. The Morgan fingerprint density at radius 3 is 2.93 bits per heavy atom. The van der Waals surface area contributed by atoms with Crippen LogP contribution in [0.15, 0.2) is 30.9 Å². The largest absolute Gasteiger partial charge is 0.490 e. The molecule has 0 bridgehead atoms. The Morgan fingerprint density at radius 2 is 2.36 bits per heavy atom. The lowest BCUT2D eigenvalue weighted by molar-refractivity contribution is 0.0696. The highest BCUT2D eigenvalue weighted by Crippen LogP contribution is 2.21. The minimum Gasteiger partial charge on any atom is -0.490 e. The molecule has 74 valence electrons. The molecule has 1 rings (SSSR count). The third kappa shape index (κ3) is 2.50. The first kappa shape index (κ1) is 10.6. The van der Waals surface area contributed by atoms with Gasteiger partial charge in [0.25, 0.3) is 0 Å². The summed E-state index contributed by atoms with van der Waals surface area (Å²) < 4.78 is 5.16. The third-order valence-electron chi connectivity index (χ3n) is 1.54. The number of benzene rings is 1. The van der Waals surface area contributed by atoms with Crippen molar-refractivity contribution >= 4 is 17.6 Å². The van der Waals surface area contributed by atoms with Crippen molar-refractivity contribution in [2.45, 2.75) is 0 Å². The van der Waals surface area contributed by atoms with Crippen molar-refractivity contribution in [3.8, 4) is 5.75 Å². The smallest absolute Gasteiger partial charge is 0.337 e. The molecule has 0 aliphatic carbocycles. The number of ether oxygens (including phenoxy) is 1. The van der Waals surface area contributed by atoms with Crippen LogP contribution < -0.4 is 4.74 Å². The van der Waals surface area contributed by atoms with Gasteiger partial charge < -0.3 is 9.84 Å². The van der Waals surface area contributed by atoms with Crippen molar-refractivity contribution in [3.63, 3.8) is 0 Å². The van der Waals surface area contributed by atoms with Crippen molar-refractivity contribution in [1.29, 1.82) is 0 Å². The number of hydrogen-bond donors (Lipinski definition) is 1. The number of hydrogen-bond acceptors (Lipinski definition) is 2. The van der Waals surface area contributed by atoms with Crippen molar-refractivity contribution in [1.82, 2.24) is 0 Å². The Hall–Kier alpha value is -1.48. The average Bonchev–Trinajstić information content (AvgIpc) is 2.16. The molecule has 0 aliphatic rings. The summed E-state index contributed by atoms with van der Waals surface area (Å²) in [4.78, 5) is 10.7. The lowest BCUT2D eigenvalue weighted by atomic mass is 10.2. The average molecular weight is 213 g/mol. The van der Waals surface area contributed by atoms with Gasteiger partial charge in [-0.3, -0.25) is 0 Å². The fourth-order valence-corrected chi connectivity index (χ4v) is 1.11. The van der Waals surface area contributed by atoms with Gasteiger partial charge in [-0.25, -0.2) is 4.79 Å². The number of carboxylic acid groups (broad SMARTS) is 1. The molecule has 1 aromatic carbocycles. The van der Waals surface area contributed by atoms with Gasteiger partial charge >= 0.3 is 5.97 Å². The highest BCUT2D eigenvalue weighted by Gasteiger charge is 2.09. The monoisotopic (exact) mass is 212 g/mol. The molecule has 0 heterocycles. The lowest BCUT2D eigenvalue weighted by Gasteiger charge is -2.04. The fourth-order valence-electron chi connectivity index (χ4n) is 0.913. The molecule has 0 spiro atoms. The molecule has 0 aromatic heterocycles. The maximum atomic E-state index is 10.7. The van der Waals surface area contributed by atoms with Gasteiger partial charge in [-0.2, -0.15) is 0 Å². The molecule has 14 heavy (non-hydrogen) atoms. The number of carboxylic acids is 1. The van der Waals surface area contributed by atoms with Crippen molar-refractivity contribution < 1.29 is 14.6 Å². The van der Waals surface area contributed by atoms with E-state index in [2.05, 4.69) is 6.58 Å². The highest BCUT2D eigenvalue weighted by molar-refractivity contribution is 6.33. The fraction of sp³-hybridized carbons (Fsp3) is 0.100. The van der Waals surface area contributed by atoms with E-state index in [1.165, 1.54) is 12.1 Å². The van der Waals surface area contributed by atoms with Crippen LogP contribution in [0.5, 0.6) is 5.75 Å². The molecular formula is C10H9ClO3. The van der Waals surface area contributed by atoms with E-state index < -0.39 is 5.97 Å². The molecule has 1 aromatic rings. The van der Waals surface area contributed by atoms with Crippen molar-refractivity contribution in [2.24, 2.45) is 0 Å². The van der Waals surface area contributed by atoms with Crippen LogP contribution in [0.25, 0.3) is 0 Å². The number of halogens is 1.